The fourth-order valence-electron chi connectivity index (χ4n) is 3.50. The Morgan fingerprint density at radius 2 is 1.67 bits per heavy atom. The molecule has 1 aliphatic heterocycles. The Kier molecular flexibility index (Phi) is 4.08. The van der Waals surface area contributed by atoms with Gasteiger partial charge in [-0.15, -0.1) is 0 Å². The van der Waals surface area contributed by atoms with Gasteiger partial charge >= 0.3 is 0 Å². The van der Waals surface area contributed by atoms with Crippen LogP contribution in [0.1, 0.15) is 55.1 Å². The molecule has 24 heavy (non-hydrogen) atoms. The van der Waals surface area contributed by atoms with E-state index in [9.17, 15) is 4.79 Å². The predicted octanol–water partition coefficient (Wildman–Crippen LogP) is 5.30. The first-order valence-corrected chi connectivity index (χ1v) is 8.52. The number of rotatable bonds is 3. The Hall–Kier alpha value is -2.35. The Morgan fingerprint density at radius 3 is 2.25 bits per heavy atom. The lowest BCUT2D eigenvalue weighted by molar-refractivity contribution is 0.104. The molecule has 0 saturated heterocycles. The van der Waals surface area contributed by atoms with E-state index >= 15 is 0 Å². The third-order valence-corrected chi connectivity index (χ3v) is 5.07. The number of nitrogens with zero attached hydrogens (tertiary/aromatic N) is 1. The highest BCUT2D eigenvalue weighted by Gasteiger charge is 2.38. The number of hydrogen-bond acceptors (Lipinski definition) is 2. The fraction of sp³-hybridized carbons (Fsp3) is 0.318. The van der Waals surface area contributed by atoms with Gasteiger partial charge in [-0.25, -0.2) is 0 Å². The minimum Gasteiger partial charge on any atom is -0.347 e. The highest BCUT2D eigenvalue weighted by atomic mass is 16.1. The van der Waals surface area contributed by atoms with Gasteiger partial charge in [-0.2, -0.15) is 0 Å². The standard InChI is InChI=1S/C22H25NO/c1-15(2)16-10-12-17(13-11-16)20(24)14-21-22(3,4)18-8-6-7-9-19(18)23(21)5/h6-15H,1-5H3/b21-14+. The van der Waals surface area contributed by atoms with Crippen molar-refractivity contribution in [3.8, 4) is 0 Å². The van der Waals surface area contributed by atoms with E-state index in [1.807, 2.05) is 25.2 Å². The van der Waals surface area contributed by atoms with Crippen LogP contribution in [0, 0.1) is 0 Å². The number of ketones is 1. The Labute approximate surface area is 144 Å². The summed E-state index contributed by atoms with van der Waals surface area (Å²) in [6, 6.07) is 16.3. The first-order chi connectivity index (χ1) is 11.3. The molecule has 0 aliphatic carbocycles. The molecule has 0 N–H and O–H groups in total. The maximum atomic E-state index is 12.8. The van der Waals surface area contributed by atoms with Crippen LogP contribution in [0.15, 0.2) is 60.3 Å². The average Bonchev–Trinajstić information content (AvgIpc) is 2.76. The third kappa shape index (κ3) is 2.66. The molecule has 3 rings (SSSR count). The molecule has 0 amide bonds. The zero-order valence-electron chi connectivity index (χ0n) is 15.1. The first-order valence-electron chi connectivity index (χ1n) is 8.52. The van der Waals surface area contributed by atoms with Crippen molar-refractivity contribution in [3.05, 3.63) is 77.0 Å². The third-order valence-electron chi connectivity index (χ3n) is 5.07. The molecule has 0 fully saturated rings. The van der Waals surface area contributed by atoms with E-state index in [1.165, 1.54) is 16.8 Å². The molecule has 1 aliphatic rings. The van der Waals surface area contributed by atoms with E-state index in [2.05, 4.69) is 62.9 Å². The van der Waals surface area contributed by atoms with Crippen molar-refractivity contribution in [2.75, 3.05) is 11.9 Å². The van der Waals surface area contributed by atoms with Crippen molar-refractivity contribution < 1.29 is 4.79 Å². The summed E-state index contributed by atoms with van der Waals surface area (Å²) in [7, 11) is 2.04. The van der Waals surface area contributed by atoms with Gasteiger partial charge in [0, 0.05) is 35.5 Å². The molecular formula is C22H25NO. The summed E-state index contributed by atoms with van der Waals surface area (Å²) in [5.41, 5.74) is 5.32. The first kappa shape index (κ1) is 16.5. The van der Waals surface area contributed by atoms with Crippen LogP contribution in [0.3, 0.4) is 0 Å². The molecule has 0 spiro atoms. The molecule has 2 aromatic rings. The highest BCUT2D eigenvalue weighted by Crippen LogP contribution is 2.46. The molecule has 1 heterocycles. The van der Waals surface area contributed by atoms with E-state index < -0.39 is 0 Å². The Balaban J connectivity index is 1.95. The molecule has 0 aromatic heterocycles. The number of anilines is 1. The van der Waals surface area contributed by atoms with Crippen LogP contribution in [-0.4, -0.2) is 12.8 Å². The quantitative estimate of drug-likeness (QED) is 0.565. The second-order valence-electron chi connectivity index (χ2n) is 7.37. The van der Waals surface area contributed by atoms with Crippen LogP contribution in [-0.2, 0) is 5.41 Å². The minimum atomic E-state index is -0.168. The fourth-order valence-corrected chi connectivity index (χ4v) is 3.50. The minimum absolute atomic E-state index is 0.0630. The average molecular weight is 319 g/mol. The van der Waals surface area contributed by atoms with E-state index in [0.29, 0.717) is 5.92 Å². The molecule has 0 unspecified atom stereocenters. The van der Waals surface area contributed by atoms with Crippen LogP contribution in [0.4, 0.5) is 5.69 Å². The van der Waals surface area contributed by atoms with Crippen LogP contribution in [0.5, 0.6) is 0 Å². The molecule has 2 heteroatoms. The molecule has 0 radical (unpaired) electrons. The van der Waals surface area contributed by atoms with E-state index in [1.54, 1.807) is 6.08 Å². The predicted molar refractivity (Wildman–Crippen MR) is 101 cm³/mol. The van der Waals surface area contributed by atoms with Crippen LogP contribution < -0.4 is 4.90 Å². The molecule has 2 aromatic carbocycles. The van der Waals surface area contributed by atoms with Gasteiger partial charge in [0.05, 0.1) is 0 Å². The number of benzene rings is 2. The van der Waals surface area contributed by atoms with E-state index in [0.717, 1.165) is 11.3 Å². The molecule has 2 nitrogen and oxygen atoms in total. The normalized spacial score (nSPS) is 17.4. The second-order valence-corrected chi connectivity index (χ2v) is 7.37. The number of carbonyl (C=O) groups excluding carboxylic acids is 1. The zero-order valence-corrected chi connectivity index (χ0v) is 15.1. The summed E-state index contributed by atoms with van der Waals surface area (Å²) < 4.78 is 0. The van der Waals surface area contributed by atoms with Gasteiger partial charge in [-0.05, 0) is 23.1 Å². The van der Waals surface area contributed by atoms with Crippen LogP contribution in [0.2, 0.25) is 0 Å². The number of carbonyl (C=O) groups is 1. The van der Waals surface area contributed by atoms with Crippen molar-refractivity contribution in [1.82, 2.24) is 0 Å². The topological polar surface area (TPSA) is 20.3 Å². The molecule has 0 bridgehead atoms. The van der Waals surface area contributed by atoms with Crippen molar-refractivity contribution in [2.24, 2.45) is 0 Å². The summed E-state index contributed by atoms with van der Waals surface area (Å²) in [5, 5.41) is 0. The maximum Gasteiger partial charge on any atom is 0.187 e. The second kappa shape index (κ2) is 5.94. The number of allylic oxidation sites excluding steroid dienone is 2. The largest absolute Gasteiger partial charge is 0.347 e. The lowest BCUT2D eigenvalue weighted by atomic mass is 9.83. The molecule has 124 valence electrons. The monoisotopic (exact) mass is 319 g/mol. The van der Waals surface area contributed by atoms with Crippen molar-refractivity contribution in [2.45, 2.75) is 39.0 Å². The summed E-state index contributed by atoms with van der Waals surface area (Å²) >= 11 is 0. The maximum absolute atomic E-state index is 12.8. The smallest absolute Gasteiger partial charge is 0.187 e. The van der Waals surface area contributed by atoms with Gasteiger partial charge < -0.3 is 4.90 Å². The van der Waals surface area contributed by atoms with Gasteiger partial charge in [0.1, 0.15) is 0 Å². The number of para-hydroxylation sites is 1. The molecule has 0 atom stereocenters. The van der Waals surface area contributed by atoms with Gasteiger partial charge in [0.15, 0.2) is 5.78 Å². The van der Waals surface area contributed by atoms with E-state index in [-0.39, 0.29) is 11.2 Å². The summed E-state index contributed by atoms with van der Waals surface area (Å²) in [4.78, 5) is 14.9. The number of fused-ring (bicyclic) bond motifs is 1. The van der Waals surface area contributed by atoms with Crippen LogP contribution in [0.25, 0.3) is 0 Å². The van der Waals surface area contributed by atoms with Gasteiger partial charge in [-0.1, -0.05) is 70.2 Å². The summed E-state index contributed by atoms with van der Waals surface area (Å²) in [6.45, 7) is 8.67. The van der Waals surface area contributed by atoms with Gasteiger partial charge in [0.25, 0.3) is 0 Å². The highest BCUT2D eigenvalue weighted by molar-refractivity contribution is 6.05. The molecular weight excluding hydrogens is 294 g/mol. The number of hydrogen-bond donors (Lipinski definition) is 0. The molecule has 0 saturated carbocycles. The lowest BCUT2D eigenvalue weighted by Crippen LogP contribution is -2.24. The SMILES string of the molecule is CC(C)c1ccc(C(=O)/C=C2/N(C)c3ccccc3C2(C)C)cc1. The van der Waals surface area contributed by atoms with Gasteiger partial charge in [-0.3, -0.25) is 4.79 Å². The Morgan fingerprint density at radius 1 is 1.04 bits per heavy atom. The lowest BCUT2D eigenvalue weighted by Gasteiger charge is -2.24. The van der Waals surface area contributed by atoms with Crippen molar-refractivity contribution in [3.63, 3.8) is 0 Å². The van der Waals surface area contributed by atoms with Gasteiger partial charge in [0.2, 0.25) is 0 Å². The zero-order chi connectivity index (χ0) is 17.5. The summed E-state index contributed by atoms with van der Waals surface area (Å²) in [6.07, 6.45) is 1.80. The van der Waals surface area contributed by atoms with Crippen molar-refractivity contribution >= 4 is 11.5 Å². The van der Waals surface area contributed by atoms with Crippen LogP contribution >= 0.6 is 0 Å². The number of likely N-dealkylation sites (N-methyl/N-ethyl adjacent to an activating group) is 1. The van der Waals surface area contributed by atoms with E-state index in [4.69, 9.17) is 0 Å². The summed E-state index contributed by atoms with van der Waals surface area (Å²) in [5.74, 6) is 0.537. The van der Waals surface area contributed by atoms with Crippen molar-refractivity contribution in [1.29, 1.82) is 0 Å². The Bertz CT molecular complexity index is 797.